The van der Waals surface area contributed by atoms with Gasteiger partial charge in [0.2, 0.25) is 10.0 Å². The van der Waals surface area contributed by atoms with E-state index in [0.717, 1.165) is 36.3 Å². The fourth-order valence-electron chi connectivity index (χ4n) is 5.96. The molecule has 1 amide bonds. The van der Waals surface area contributed by atoms with Crippen LogP contribution in [0.1, 0.15) is 81.8 Å². The lowest BCUT2D eigenvalue weighted by atomic mass is 9.80. The molecule has 11 heteroatoms. The molecule has 40 heavy (non-hydrogen) atoms. The topological polar surface area (TPSA) is 130 Å². The van der Waals surface area contributed by atoms with Crippen LogP contribution in [0.15, 0.2) is 28.6 Å². The normalized spacial score (nSPS) is 20.4. The lowest BCUT2D eigenvalue weighted by Gasteiger charge is -2.32. The Morgan fingerprint density at radius 2 is 1.85 bits per heavy atom. The summed E-state index contributed by atoms with van der Waals surface area (Å²) in [4.78, 5) is 29.4. The van der Waals surface area contributed by atoms with Crippen LogP contribution < -0.4 is 10.0 Å². The number of carboxylic acids is 1. The molecule has 3 N–H and O–H groups in total. The van der Waals surface area contributed by atoms with Gasteiger partial charge in [-0.05, 0) is 77.5 Å². The summed E-state index contributed by atoms with van der Waals surface area (Å²) in [5.74, 6) is -0.937. The smallest absolute Gasteiger partial charge is 0.306 e. The van der Waals surface area contributed by atoms with Gasteiger partial charge in [0, 0.05) is 29.4 Å². The van der Waals surface area contributed by atoms with Crippen molar-refractivity contribution in [2.24, 2.45) is 11.8 Å². The number of aromatic nitrogens is 2. The zero-order valence-corrected chi connectivity index (χ0v) is 25.1. The van der Waals surface area contributed by atoms with E-state index >= 15 is 0 Å². The molecule has 2 aromatic heterocycles. The number of nitrogens with one attached hydrogen (secondary N) is 2. The van der Waals surface area contributed by atoms with Gasteiger partial charge in [-0.1, -0.05) is 19.3 Å². The molecule has 0 saturated heterocycles. The maximum atomic E-state index is 13.4. The van der Waals surface area contributed by atoms with Crippen LogP contribution in [0.2, 0.25) is 0 Å². The van der Waals surface area contributed by atoms with Gasteiger partial charge in [-0.3, -0.25) is 9.59 Å². The molecule has 2 fully saturated rings. The second kappa shape index (κ2) is 10.9. The highest BCUT2D eigenvalue weighted by Crippen LogP contribution is 2.38. The van der Waals surface area contributed by atoms with Crippen molar-refractivity contribution in [3.63, 3.8) is 0 Å². The first-order valence-electron chi connectivity index (χ1n) is 14.0. The average Bonchev–Trinajstić information content (AvgIpc) is 3.45. The number of fused-ring (bicyclic) bond motifs is 1. The molecule has 1 aromatic carbocycles. The number of rotatable bonds is 8. The first-order chi connectivity index (χ1) is 18.8. The summed E-state index contributed by atoms with van der Waals surface area (Å²) in [7, 11) is -3.78. The number of hydrogen-bond donors (Lipinski definition) is 3. The third-order valence-electron chi connectivity index (χ3n) is 8.05. The van der Waals surface area contributed by atoms with E-state index in [1.807, 2.05) is 33.8 Å². The lowest BCUT2D eigenvalue weighted by molar-refractivity contribution is -0.145. The minimum atomic E-state index is -3.78. The second-order valence-corrected chi connectivity index (χ2v) is 14.8. The lowest BCUT2D eigenvalue weighted by Crippen LogP contribution is -2.46. The van der Waals surface area contributed by atoms with Crippen LogP contribution in [0.4, 0.5) is 0 Å². The van der Waals surface area contributed by atoms with Gasteiger partial charge in [-0.25, -0.2) is 18.1 Å². The standard InChI is InChI=1S/C29H38N4O5S2/c1-17-22(27(34)31-20-12-19(13-20)28(35)36)14-23(33(17)15-18-8-6-5-7-9-18)21-10-11-24(26-25(21)30-16-39-26)40(37,38)32-29(2,3)4/h10-11,14,16,18-20,32H,5-9,12-13,15H2,1-4H3,(H,31,34)(H,35,36)/t19-,20-. The number of thiazole rings is 1. The summed E-state index contributed by atoms with van der Waals surface area (Å²) < 4.78 is 32.0. The molecule has 0 radical (unpaired) electrons. The molecule has 9 nitrogen and oxygen atoms in total. The Kier molecular flexibility index (Phi) is 7.84. The number of carboxylic acid groups (broad SMARTS) is 1. The number of amides is 1. The molecule has 216 valence electrons. The average molecular weight is 587 g/mol. The molecule has 2 aliphatic rings. The van der Waals surface area contributed by atoms with Gasteiger partial charge < -0.3 is 15.0 Å². The van der Waals surface area contributed by atoms with Gasteiger partial charge >= 0.3 is 5.97 Å². The first kappa shape index (κ1) is 28.8. The number of nitrogens with zero attached hydrogens (tertiary/aromatic N) is 2. The molecule has 0 spiro atoms. The van der Waals surface area contributed by atoms with Crippen molar-refractivity contribution in [2.75, 3.05) is 0 Å². The van der Waals surface area contributed by atoms with E-state index in [1.165, 1.54) is 30.6 Å². The van der Waals surface area contributed by atoms with Crippen LogP contribution in [0.5, 0.6) is 0 Å². The minimum Gasteiger partial charge on any atom is -0.481 e. The zero-order chi connectivity index (χ0) is 28.8. The van der Waals surface area contributed by atoms with E-state index in [4.69, 9.17) is 0 Å². The second-order valence-electron chi connectivity index (χ2n) is 12.3. The third-order valence-corrected chi connectivity index (χ3v) is 10.8. The predicted octanol–water partition coefficient (Wildman–Crippen LogP) is 5.32. The van der Waals surface area contributed by atoms with Gasteiger partial charge in [-0.2, -0.15) is 0 Å². The Hall–Kier alpha value is -2.76. The van der Waals surface area contributed by atoms with Crippen LogP contribution in [0, 0.1) is 18.8 Å². The molecule has 0 atom stereocenters. The minimum absolute atomic E-state index is 0.150. The summed E-state index contributed by atoms with van der Waals surface area (Å²) in [6, 6.07) is 5.17. The maximum absolute atomic E-state index is 13.4. The van der Waals surface area contributed by atoms with Gasteiger partial charge in [-0.15, -0.1) is 11.3 Å². The number of carbonyl (C=O) groups excluding carboxylic acids is 1. The molecule has 5 rings (SSSR count). The predicted molar refractivity (Wildman–Crippen MR) is 156 cm³/mol. The van der Waals surface area contributed by atoms with Gasteiger partial charge in [0.05, 0.1) is 32.9 Å². The maximum Gasteiger partial charge on any atom is 0.306 e. The Labute approximate surface area is 239 Å². The monoisotopic (exact) mass is 586 g/mol. The highest BCUT2D eigenvalue weighted by Gasteiger charge is 2.36. The summed E-state index contributed by atoms with van der Waals surface area (Å²) in [5, 5.41) is 12.2. The van der Waals surface area contributed by atoms with E-state index in [9.17, 15) is 23.1 Å². The Bertz CT molecular complexity index is 1540. The molecule has 2 aliphatic carbocycles. The van der Waals surface area contributed by atoms with E-state index in [0.29, 0.717) is 34.5 Å². The van der Waals surface area contributed by atoms with Crippen LogP contribution in [0.3, 0.4) is 0 Å². The summed E-state index contributed by atoms with van der Waals surface area (Å²) in [6.45, 7) is 8.15. The number of hydrogen-bond acceptors (Lipinski definition) is 6. The van der Waals surface area contributed by atoms with E-state index < -0.39 is 27.4 Å². The highest BCUT2D eigenvalue weighted by atomic mass is 32.2. The number of aliphatic carboxylic acids is 1. The number of benzene rings is 1. The van der Waals surface area contributed by atoms with E-state index in [1.54, 1.807) is 17.6 Å². The summed E-state index contributed by atoms with van der Waals surface area (Å²) in [5.41, 5.74) is 4.66. The van der Waals surface area contributed by atoms with Crippen molar-refractivity contribution in [3.8, 4) is 11.3 Å². The van der Waals surface area contributed by atoms with Crippen LogP contribution >= 0.6 is 11.3 Å². The first-order valence-corrected chi connectivity index (χ1v) is 16.3. The fraction of sp³-hybridized carbons (Fsp3) is 0.552. The molecular formula is C29H38N4O5S2. The third kappa shape index (κ3) is 5.82. The quantitative estimate of drug-likeness (QED) is 0.327. The molecule has 0 bridgehead atoms. The molecule has 2 heterocycles. The number of sulfonamides is 1. The van der Waals surface area contributed by atoms with Crippen molar-refractivity contribution in [3.05, 3.63) is 35.0 Å². The highest BCUT2D eigenvalue weighted by molar-refractivity contribution is 7.90. The number of carbonyl (C=O) groups is 2. The molecule has 2 saturated carbocycles. The van der Waals surface area contributed by atoms with Gasteiger partial charge in [0.25, 0.3) is 5.91 Å². The molecule has 3 aromatic rings. The molecular weight excluding hydrogens is 548 g/mol. The van der Waals surface area contributed by atoms with Crippen LogP contribution in [-0.4, -0.2) is 46.5 Å². The van der Waals surface area contributed by atoms with Crippen molar-refractivity contribution in [1.29, 1.82) is 0 Å². The zero-order valence-electron chi connectivity index (χ0n) is 23.5. The summed E-state index contributed by atoms with van der Waals surface area (Å²) in [6.07, 6.45) is 6.80. The summed E-state index contributed by atoms with van der Waals surface area (Å²) >= 11 is 1.29. The molecule has 0 aliphatic heterocycles. The van der Waals surface area contributed by atoms with Crippen LogP contribution in [-0.2, 0) is 21.4 Å². The SMILES string of the molecule is Cc1c(C(=O)N[C@H]2C[C@H](C(=O)O)C2)cc(-c2ccc(S(=O)(=O)NC(C)(C)C)c3scnc23)n1CC1CCCCC1. The Morgan fingerprint density at radius 3 is 2.50 bits per heavy atom. The van der Waals surface area contributed by atoms with Gasteiger partial charge in [0.15, 0.2) is 0 Å². The van der Waals surface area contributed by atoms with Crippen molar-refractivity contribution < 1.29 is 23.1 Å². The van der Waals surface area contributed by atoms with Crippen molar-refractivity contribution in [2.45, 2.75) is 95.7 Å². The van der Waals surface area contributed by atoms with Crippen LogP contribution in [0.25, 0.3) is 21.5 Å². The van der Waals surface area contributed by atoms with Crippen molar-refractivity contribution in [1.82, 2.24) is 19.6 Å². The van der Waals surface area contributed by atoms with E-state index in [2.05, 4.69) is 19.6 Å². The Morgan fingerprint density at radius 1 is 1.15 bits per heavy atom. The largest absolute Gasteiger partial charge is 0.481 e. The van der Waals surface area contributed by atoms with Crippen molar-refractivity contribution >= 4 is 43.5 Å². The Balaban J connectivity index is 1.54. The fourth-order valence-corrected chi connectivity index (χ4v) is 8.66. The van der Waals surface area contributed by atoms with Gasteiger partial charge in [0.1, 0.15) is 4.90 Å². The van der Waals surface area contributed by atoms with E-state index in [-0.39, 0.29) is 16.8 Å². The molecule has 0 unspecified atom stereocenters.